The molecule has 2 aromatic rings. The monoisotopic (exact) mass is 287 g/mol. The van der Waals surface area contributed by atoms with Crippen LogP contribution in [0.2, 0.25) is 0 Å². The molecule has 5 heteroatoms. The summed E-state index contributed by atoms with van der Waals surface area (Å²) in [6.45, 7) is 0.784. The van der Waals surface area contributed by atoms with Crippen LogP contribution in [-0.2, 0) is 0 Å². The van der Waals surface area contributed by atoms with Crippen LogP contribution in [0.5, 0.6) is 0 Å². The van der Waals surface area contributed by atoms with Gasteiger partial charge in [-0.05, 0) is 18.6 Å². The zero-order valence-electron chi connectivity index (χ0n) is 11.5. The second-order valence-electron chi connectivity index (χ2n) is 5.36. The van der Waals surface area contributed by atoms with Crippen molar-refractivity contribution in [2.24, 2.45) is 0 Å². The highest BCUT2D eigenvalue weighted by atomic mass is 19.3. The summed E-state index contributed by atoms with van der Waals surface area (Å²) >= 11 is 0. The number of pyridine rings is 1. The van der Waals surface area contributed by atoms with Crippen molar-refractivity contribution in [3.63, 3.8) is 0 Å². The van der Waals surface area contributed by atoms with E-state index in [-0.39, 0.29) is 19.4 Å². The van der Waals surface area contributed by atoms with Crippen LogP contribution in [0.25, 0.3) is 10.9 Å². The number of nitrogens with zero attached hydrogens (tertiary/aromatic N) is 3. The molecule has 1 saturated heterocycles. The number of hydrogen-bond donors (Lipinski definition) is 0. The molecule has 108 valence electrons. The normalized spacial score (nSPS) is 18.2. The van der Waals surface area contributed by atoms with Crippen molar-refractivity contribution in [3.8, 4) is 6.07 Å². The molecular weight excluding hydrogens is 272 g/mol. The molecule has 1 fully saturated rings. The van der Waals surface area contributed by atoms with Gasteiger partial charge >= 0.3 is 0 Å². The van der Waals surface area contributed by atoms with E-state index in [1.165, 1.54) is 0 Å². The topological polar surface area (TPSA) is 39.9 Å². The van der Waals surface area contributed by atoms with Gasteiger partial charge in [0, 0.05) is 31.3 Å². The Labute approximate surface area is 121 Å². The third kappa shape index (κ3) is 2.80. The zero-order valence-corrected chi connectivity index (χ0v) is 11.5. The Morgan fingerprint density at radius 3 is 2.81 bits per heavy atom. The number of para-hydroxylation sites is 1. The molecule has 2 heterocycles. The van der Waals surface area contributed by atoms with E-state index in [4.69, 9.17) is 0 Å². The van der Waals surface area contributed by atoms with Crippen molar-refractivity contribution in [3.05, 3.63) is 36.0 Å². The molecular formula is C16H15F2N3. The van der Waals surface area contributed by atoms with E-state index in [1.807, 2.05) is 35.2 Å². The summed E-state index contributed by atoms with van der Waals surface area (Å²) in [6.07, 6.45) is 0.155. The van der Waals surface area contributed by atoms with E-state index < -0.39 is 5.92 Å². The molecule has 0 spiro atoms. The first-order valence-electron chi connectivity index (χ1n) is 7.02. The number of nitriles is 1. The van der Waals surface area contributed by atoms with Gasteiger partial charge in [0.1, 0.15) is 6.07 Å². The third-order valence-electron chi connectivity index (χ3n) is 3.87. The largest absolute Gasteiger partial charge is 0.369 e. The van der Waals surface area contributed by atoms with Gasteiger partial charge in [-0.15, -0.1) is 0 Å². The quantitative estimate of drug-likeness (QED) is 0.802. The molecule has 0 atom stereocenters. The minimum atomic E-state index is -2.61. The maximum Gasteiger partial charge on any atom is 0.249 e. The lowest BCUT2D eigenvalue weighted by Crippen LogP contribution is -2.26. The number of aromatic nitrogens is 1. The van der Waals surface area contributed by atoms with Crippen LogP contribution in [-0.4, -0.2) is 24.0 Å². The Balaban J connectivity index is 2.01. The van der Waals surface area contributed by atoms with Crippen LogP contribution >= 0.6 is 0 Å². The van der Waals surface area contributed by atoms with E-state index >= 15 is 0 Å². The molecule has 0 unspecified atom stereocenters. The van der Waals surface area contributed by atoms with Gasteiger partial charge in [-0.25, -0.2) is 13.8 Å². The number of benzene rings is 1. The van der Waals surface area contributed by atoms with E-state index in [0.717, 1.165) is 10.9 Å². The molecule has 1 aromatic carbocycles. The van der Waals surface area contributed by atoms with Crippen LogP contribution in [0.3, 0.4) is 0 Å². The van der Waals surface area contributed by atoms with Crippen molar-refractivity contribution in [1.29, 1.82) is 5.26 Å². The first-order chi connectivity index (χ1) is 10.1. The van der Waals surface area contributed by atoms with E-state index in [2.05, 4.69) is 11.1 Å². The van der Waals surface area contributed by atoms with Crippen LogP contribution in [0.1, 0.15) is 25.0 Å². The SMILES string of the molecule is N#Cc1nc2ccccc2cc1N1CCCC(F)(F)CC1. The molecule has 21 heavy (non-hydrogen) atoms. The number of fused-ring (bicyclic) bond motifs is 1. The second-order valence-corrected chi connectivity index (χ2v) is 5.36. The van der Waals surface area contributed by atoms with Crippen molar-refractivity contribution >= 4 is 16.6 Å². The number of hydrogen-bond acceptors (Lipinski definition) is 3. The van der Waals surface area contributed by atoms with E-state index in [0.29, 0.717) is 24.3 Å². The molecule has 0 aliphatic carbocycles. The molecule has 1 aliphatic heterocycles. The summed E-state index contributed by atoms with van der Waals surface area (Å²) in [4.78, 5) is 6.21. The number of anilines is 1. The van der Waals surface area contributed by atoms with Gasteiger partial charge < -0.3 is 4.90 Å². The second kappa shape index (κ2) is 5.28. The van der Waals surface area contributed by atoms with Gasteiger partial charge in [0.05, 0.1) is 11.2 Å². The average molecular weight is 287 g/mol. The number of halogens is 2. The predicted octanol–water partition coefficient (Wildman–Crippen LogP) is 3.73. The van der Waals surface area contributed by atoms with Gasteiger partial charge in [-0.2, -0.15) is 5.26 Å². The minimum Gasteiger partial charge on any atom is -0.369 e. The Bertz CT molecular complexity index is 706. The number of rotatable bonds is 1. The summed E-state index contributed by atoms with van der Waals surface area (Å²) in [5.41, 5.74) is 1.71. The fourth-order valence-corrected chi connectivity index (χ4v) is 2.73. The zero-order chi connectivity index (χ0) is 14.9. The molecule has 1 aliphatic rings. The first kappa shape index (κ1) is 13.7. The third-order valence-corrected chi connectivity index (χ3v) is 3.87. The summed E-state index contributed by atoms with van der Waals surface area (Å²) < 4.78 is 27.0. The van der Waals surface area contributed by atoms with Gasteiger partial charge in [0.2, 0.25) is 5.92 Å². The molecule has 0 N–H and O–H groups in total. The fraction of sp³-hybridized carbons (Fsp3) is 0.375. The van der Waals surface area contributed by atoms with Crippen LogP contribution in [0, 0.1) is 11.3 Å². The highest BCUT2D eigenvalue weighted by Crippen LogP contribution is 2.31. The smallest absolute Gasteiger partial charge is 0.249 e. The van der Waals surface area contributed by atoms with E-state index in [9.17, 15) is 14.0 Å². The van der Waals surface area contributed by atoms with Crippen LogP contribution in [0.4, 0.5) is 14.5 Å². The summed E-state index contributed by atoms with van der Waals surface area (Å²) in [5, 5.41) is 10.2. The standard InChI is InChI=1S/C16H15F2N3/c17-16(18)6-3-8-21(9-7-16)15-10-12-4-1-2-5-13(12)20-14(15)11-19/h1-2,4-5,10H,3,6-9H2. The lowest BCUT2D eigenvalue weighted by molar-refractivity contribution is -0.0102. The highest BCUT2D eigenvalue weighted by molar-refractivity contribution is 5.83. The van der Waals surface area contributed by atoms with Crippen LogP contribution < -0.4 is 4.90 Å². The molecule has 0 amide bonds. The molecule has 3 nitrogen and oxygen atoms in total. The van der Waals surface area contributed by atoms with Gasteiger partial charge in [0.25, 0.3) is 0 Å². The molecule has 0 bridgehead atoms. The van der Waals surface area contributed by atoms with Crippen molar-refractivity contribution < 1.29 is 8.78 Å². The Morgan fingerprint density at radius 1 is 1.19 bits per heavy atom. The van der Waals surface area contributed by atoms with Crippen LogP contribution in [0.15, 0.2) is 30.3 Å². The van der Waals surface area contributed by atoms with Gasteiger partial charge in [-0.3, -0.25) is 0 Å². The van der Waals surface area contributed by atoms with Crippen molar-refractivity contribution in [2.75, 3.05) is 18.0 Å². The Hall–Kier alpha value is -2.22. The maximum atomic E-state index is 13.5. The molecule has 0 saturated carbocycles. The summed E-state index contributed by atoms with van der Waals surface area (Å²) in [6, 6.07) is 11.5. The maximum absolute atomic E-state index is 13.5. The average Bonchev–Trinajstić information content (AvgIpc) is 2.66. The Kier molecular flexibility index (Phi) is 3.46. The lowest BCUT2D eigenvalue weighted by atomic mass is 10.1. The highest BCUT2D eigenvalue weighted by Gasteiger charge is 2.32. The van der Waals surface area contributed by atoms with Gasteiger partial charge in [-0.1, -0.05) is 18.2 Å². The molecule has 1 aromatic heterocycles. The van der Waals surface area contributed by atoms with E-state index in [1.54, 1.807) is 0 Å². The Morgan fingerprint density at radius 2 is 2.00 bits per heavy atom. The summed E-state index contributed by atoms with van der Waals surface area (Å²) in [7, 11) is 0. The number of alkyl halides is 2. The minimum absolute atomic E-state index is 0.0909. The van der Waals surface area contributed by atoms with Crippen molar-refractivity contribution in [2.45, 2.75) is 25.2 Å². The van der Waals surface area contributed by atoms with Crippen molar-refractivity contribution in [1.82, 2.24) is 4.98 Å². The van der Waals surface area contributed by atoms with Gasteiger partial charge in [0.15, 0.2) is 5.69 Å². The molecule has 3 rings (SSSR count). The predicted molar refractivity (Wildman–Crippen MR) is 77.5 cm³/mol. The fourth-order valence-electron chi connectivity index (χ4n) is 2.73. The lowest BCUT2D eigenvalue weighted by Gasteiger charge is -2.23. The summed E-state index contributed by atoms with van der Waals surface area (Å²) in [5.74, 6) is -2.61. The molecule has 0 radical (unpaired) electrons. The first-order valence-corrected chi connectivity index (χ1v) is 7.02.